The van der Waals surface area contributed by atoms with Crippen LogP contribution >= 0.6 is 11.8 Å². The van der Waals surface area contributed by atoms with Gasteiger partial charge in [0.1, 0.15) is 5.82 Å². The Morgan fingerprint density at radius 2 is 1.93 bits per heavy atom. The first-order chi connectivity index (χ1) is 14.2. The highest BCUT2D eigenvalue weighted by Crippen LogP contribution is 2.25. The van der Waals surface area contributed by atoms with Crippen molar-refractivity contribution in [2.24, 2.45) is 0 Å². The van der Waals surface area contributed by atoms with Gasteiger partial charge in [-0.1, -0.05) is 24.2 Å². The number of carbonyl (C=O) groups is 1. The van der Waals surface area contributed by atoms with E-state index in [4.69, 9.17) is 4.52 Å². The maximum atomic E-state index is 13.0. The lowest BCUT2D eigenvalue weighted by Crippen LogP contribution is -2.49. The number of carbonyl (C=O) groups excluding carboxylic acids is 1. The van der Waals surface area contributed by atoms with Crippen molar-refractivity contribution < 1.29 is 9.32 Å². The fourth-order valence-corrected chi connectivity index (χ4v) is 4.15. The molecule has 0 radical (unpaired) electrons. The molecule has 0 aliphatic carbocycles. The van der Waals surface area contributed by atoms with Crippen LogP contribution in [0, 0.1) is 6.92 Å². The van der Waals surface area contributed by atoms with Gasteiger partial charge in [0.2, 0.25) is 11.7 Å². The van der Waals surface area contributed by atoms with E-state index in [-0.39, 0.29) is 5.91 Å². The van der Waals surface area contributed by atoms with Gasteiger partial charge in [-0.25, -0.2) is 4.98 Å². The molecule has 8 heteroatoms. The van der Waals surface area contributed by atoms with Gasteiger partial charge in [0, 0.05) is 49.8 Å². The Bertz CT molecular complexity index is 981. The van der Waals surface area contributed by atoms with Gasteiger partial charge < -0.3 is 14.3 Å². The summed E-state index contributed by atoms with van der Waals surface area (Å²) in [4.78, 5) is 27.0. The summed E-state index contributed by atoms with van der Waals surface area (Å²) in [6, 6.07) is 11.8. The minimum atomic E-state index is 0.108. The molecule has 3 aromatic rings. The largest absolute Gasteiger partial charge is 0.353 e. The van der Waals surface area contributed by atoms with Gasteiger partial charge in [-0.3, -0.25) is 4.79 Å². The number of pyridine rings is 1. The molecule has 0 atom stereocenters. The van der Waals surface area contributed by atoms with Gasteiger partial charge >= 0.3 is 0 Å². The quantitative estimate of drug-likeness (QED) is 0.597. The molecule has 1 aliphatic rings. The number of hydrogen-bond donors (Lipinski definition) is 0. The molecule has 0 N–H and O–H groups in total. The number of aromatic nitrogens is 3. The Morgan fingerprint density at radius 3 is 2.59 bits per heavy atom. The van der Waals surface area contributed by atoms with Crippen LogP contribution in [0.3, 0.4) is 0 Å². The predicted molar refractivity (Wildman–Crippen MR) is 113 cm³/mol. The molecule has 2 aromatic heterocycles. The zero-order valence-corrected chi connectivity index (χ0v) is 17.4. The fourth-order valence-electron chi connectivity index (χ4n) is 3.36. The lowest BCUT2D eigenvalue weighted by Gasteiger charge is -2.35. The first kappa shape index (κ1) is 19.4. The van der Waals surface area contributed by atoms with E-state index in [2.05, 4.69) is 26.9 Å². The van der Waals surface area contributed by atoms with Crippen molar-refractivity contribution in [1.29, 1.82) is 0 Å². The van der Waals surface area contributed by atoms with Gasteiger partial charge in [-0.2, -0.15) is 4.98 Å². The minimum absolute atomic E-state index is 0.108. The van der Waals surface area contributed by atoms with Crippen molar-refractivity contribution in [3.05, 3.63) is 54.0 Å². The average Bonchev–Trinajstić information content (AvgIpc) is 3.20. The van der Waals surface area contributed by atoms with Gasteiger partial charge in [0.25, 0.3) is 5.91 Å². The molecule has 1 saturated heterocycles. The SMILES string of the molecule is CCSc1ccccc1C(=O)N1CCN(c2ccc(-c3noc(C)n3)cn2)CC1. The zero-order chi connectivity index (χ0) is 20.2. The molecule has 7 nitrogen and oxygen atoms in total. The molecule has 0 saturated carbocycles. The molecule has 0 bridgehead atoms. The summed E-state index contributed by atoms with van der Waals surface area (Å²) in [5, 5.41) is 3.92. The molecule has 150 valence electrons. The number of amides is 1. The summed E-state index contributed by atoms with van der Waals surface area (Å²) in [6.07, 6.45) is 1.76. The Kier molecular flexibility index (Phi) is 5.80. The molecule has 1 fully saturated rings. The van der Waals surface area contributed by atoms with Gasteiger partial charge in [0.05, 0.1) is 5.56 Å². The van der Waals surface area contributed by atoms with Crippen LogP contribution in [-0.4, -0.2) is 57.9 Å². The number of rotatable bonds is 5. The van der Waals surface area contributed by atoms with Crippen LogP contribution in [-0.2, 0) is 0 Å². The lowest BCUT2D eigenvalue weighted by molar-refractivity contribution is 0.0743. The highest BCUT2D eigenvalue weighted by Gasteiger charge is 2.24. The summed E-state index contributed by atoms with van der Waals surface area (Å²) in [5.41, 5.74) is 1.62. The van der Waals surface area contributed by atoms with E-state index in [0.29, 0.717) is 24.8 Å². The molecule has 0 unspecified atom stereocenters. The average molecular weight is 410 g/mol. The number of aryl methyl sites for hydroxylation is 1. The molecule has 1 amide bonds. The molecular formula is C21H23N5O2S. The highest BCUT2D eigenvalue weighted by molar-refractivity contribution is 7.99. The van der Waals surface area contributed by atoms with Crippen molar-refractivity contribution in [1.82, 2.24) is 20.0 Å². The number of nitrogens with zero attached hydrogens (tertiary/aromatic N) is 5. The fraction of sp³-hybridized carbons (Fsp3) is 0.333. The smallest absolute Gasteiger partial charge is 0.255 e. The first-order valence-corrected chi connectivity index (χ1v) is 10.7. The Hall–Kier alpha value is -2.87. The van der Waals surface area contributed by atoms with Crippen LogP contribution in [0.2, 0.25) is 0 Å². The van der Waals surface area contributed by atoms with Crippen LogP contribution in [0.1, 0.15) is 23.2 Å². The number of hydrogen-bond acceptors (Lipinski definition) is 7. The van der Waals surface area contributed by atoms with Crippen molar-refractivity contribution in [2.45, 2.75) is 18.7 Å². The third-order valence-electron chi connectivity index (χ3n) is 4.84. The second kappa shape index (κ2) is 8.65. The first-order valence-electron chi connectivity index (χ1n) is 9.68. The Morgan fingerprint density at radius 1 is 1.14 bits per heavy atom. The van der Waals surface area contributed by atoms with Crippen LogP contribution in [0.15, 0.2) is 52.0 Å². The van der Waals surface area contributed by atoms with E-state index >= 15 is 0 Å². The van der Waals surface area contributed by atoms with Gasteiger partial charge in [0.15, 0.2) is 0 Å². The van der Waals surface area contributed by atoms with E-state index in [9.17, 15) is 4.79 Å². The van der Waals surface area contributed by atoms with Crippen LogP contribution in [0.5, 0.6) is 0 Å². The third kappa shape index (κ3) is 4.27. The van der Waals surface area contributed by atoms with Crippen LogP contribution in [0.4, 0.5) is 5.82 Å². The third-order valence-corrected chi connectivity index (χ3v) is 5.80. The highest BCUT2D eigenvalue weighted by atomic mass is 32.2. The second-order valence-corrected chi connectivity index (χ2v) is 8.06. The molecule has 1 aromatic carbocycles. The van der Waals surface area contributed by atoms with E-state index in [1.165, 1.54) is 0 Å². The number of thioether (sulfide) groups is 1. The monoisotopic (exact) mass is 409 g/mol. The summed E-state index contributed by atoms with van der Waals surface area (Å²) in [7, 11) is 0. The Labute approximate surface area is 174 Å². The van der Waals surface area contributed by atoms with Crippen LogP contribution in [0.25, 0.3) is 11.4 Å². The number of benzene rings is 1. The van der Waals surface area contributed by atoms with Crippen molar-refractivity contribution in [3.63, 3.8) is 0 Å². The summed E-state index contributed by atoms with van der Waals surface area (Å²) < 4.78 is 5.02. The van der Waals surface area contributed by atoms with Crippen molar-refractivity contribution in [2.75, 3.05) is 36.8 Å². The zero-order valence-electron chi connectivity index (χ0n) is 16.5. The van der Waals surface area contributed by atoms with E-state index in [1.807, 2.05) is 41.3 Å². The molecule has 3 heterocycles. The predicted octanol–water partition coefficient (Wildman–Crippen LogP) is 3.51. The van der Waals surface area contributed by atoms with Crippen molar-refractivity contribution in [3.8, 4) is 11.4 Å². The van der Waals surface area contributed by atoms with Gasteiger partial charge in [-0.05, 0) is 30.0 Å². The number of piperazine rings is 1. The minimum Gasteiger partial charge on any atom is -0.353 e. The molecule has 1 aliphatic heterocycles. The molecule has 0 spiro atoms. The number of anilines is 1. The maximum absolute atomic E-state index is 13.0. The van der Waals surface area contributed by atoms with E-state index < -0.39 is 0 Å². The summed E-state index contributed by atoms with van der Waals surface area (Å²) in [6.45, 7) is 6.72. The van der Waals surface area contributed by atoms with Crippen molar-refractivity contribution >= 4 is 23.5 Å². The van der Waals surface area contributed by atoms with E-state index in [0.717, 1.165) is 40.7 Å². The summed E-state index contributed by atoms with van der Waals surface area (Å²) in [5.74, 6) is 3.02. The van der Waals surface area contributed by atoms with Gasteiger partial charge in [-0.15, -0.1) is 11.8 Å². The van der Waals surface area contributed by atoms with Crippen LogP contribution < -0.4 is 4.90 Å². The maximum Gasteiger partial charge on any atom is 0.255 e. The standard InChI is InChI=1S/C21H23N5O2S/c1-3-29-18-7-5-4-6-17(18)21(27)26-12-10-25(11-13-26)19-9-8-16(14-22-19)20-23-15(2)28-24-20/h4-9,14H,3,10-13H2,1-2H3. The molecule has 4 rings (SSSR count). The molecule has 29 heavy (non-hydrogen) atoms. The molecular weight excluding hydrogens is 386 g/mol. The van der Waals surface area contributed by atoms with E-state index in [1.54, 1.807) is 24.9 Å². The lowest BCUT2D eigenvalue weighted by atomic mass is 10.1. The second-order valence-electron chi connectivity index (χ2n) is 6.75. The Balaban J connectivity index is 1.40. The normalized spacial score (nSPS) is 14.3. The summed E-state index contributed by atoms with van der Waals surface area (Å²) >= 11 is 1.71. The topological polar surface area (TPSA) is 75.4 Å².